The van der Waals surface area contributed by atoms with E-state index in [4.69, 9.17) is 5.26 Å². The van der Waals surface area contributed by atoms with Crippen LogP contribution in [0.1, 0.15) is 28.5 Å². The molecule has 0 unspecified atom stereocenters. The summed E-state index contributed by atoms with van der Waals surface area (Å²) in [6.07, 6.45) is 1.03. The van der Waals surface area contributed by atoms with Gasteiger partial charge in [0.1, 0.15) is 5.82 Å². The monoisotopic (exact) mass is 274 g/mol. The SMILES string of the molecule is CCc1ccsc1CNCc1cc(F)cc(C#N)c1. The van der Waals surface area contributed by atoms with Gasteiger partial charge < -0.3 is 5.32 Å². The van der Waals surface area contributed by atoms with Crippen molar-refractivity contribution in [1.82, 2.24) is 5.32 Å². The summed E-state index contributed by atoms with van der Waals surface area (Å²) in [5.41, 5.74) is 2.52. The molecule has 0 aliphatic rings. The molecule has 1 heterocycles. The van der Waals surface area contributed by atoms with E-state index in [1.54, 1.807) is 17.4 Å². The molecule has 2 aromatic rings. The quantitative estimate of drug-likeness (QED) is 0.904. The van der Waals surface area contributed by atoms with Gasteiger partial charge in [0.05, 0.1) is 11.6 Å². The number of rotatable bonds is 5. The molecule has 0 saturated heterocycles. The van der Waals surface area contributed by atoms with Gasteiger partial charge in [0.15, 0.2) is 0 Å². The first-order valence-electron chi connectivity index (χ1n) is 6.18. The molecule has 0 fully saturated rings. The van der Waals surface area contributed by atoms with Crippen LogP contribution in [0.5, 0.6) is 0 Å². The zero-order valence-electron chi connectivity index (χ0n) is 10.7. The highest BCUT2D eigenvalue weighted by atomic mass is 32.1. The van der Waals surface area contributed by atoms with Gasteiger partial charge in [-0.2, -0.15) is 5.26 Å². The van der Waals surface area contributed by atoms with Gasteiger partial charge in [-0.05, 0) is 47.2 Å². The van der Waals surface area contributed by atoms with Gasteiger partial charge in [0.2, 0.25) is 0 Å². The number of nitrogens with one attached hydrogen (secondary N) is 1. The van der Waals surface area contributed by atoms with Crippen molar-refractivity contribution in [3.8, 4) is 6.07 Å². The van der Waals surface area contributed by atoms with E-state index in [1.165, 1.54) is 22.6 Å². The molecule has 1 aromatic heterocycles. The van der Waals surface area contributed by atoms with Crippen molar-refractivity contribution in [2.45, 2.75) is 26.4 Å². The third-order valence-electron chi connectivity index (χ3n) is 2.92. The second-order valence-electron chi connectivity index (χ2n) is 4.29. The van der Waals surface area contributed by atoms with Gasteiger partial charge in [-0.25, -0.2) is 4.39 Å². The van der Waals surface area contributed by atoms with Gasteiger partial charge in [0, 0.05) is 18.0 Å². The van der Waals surface area contributed by atoms with E-state index in [0.717, 1.165) is 18.5 Å². The topological polar surface area (TPSA) is 35.8 Å². The molecule has 0 atom stereocenters. The van der Waals surface area contributed by atoms with Crippen LogP contribution in [0, 0.1) is 17.1 Å². The minimum atomic E-state index is -0.360. The number of hydrogen-bond donors (Lipinski definition) is 1. The van der Waals surface area contributed by atoms with Crippen molar-refractivity contribution in [2.75, 3.05) is 0 Å². The van der Waals surface area contributed by atoms with Crippen LogP contribution in [0.2, 0.25) is 0 Å². The Morgan fingerprint density at radius 3 is 2.89 bits per heavy atom. The van der Waals surface area contributed by atoms with Crippen LogP contribution in [0.3, 0.4) is 0 Å². The van der Waals surface area contributed by atoms with Crippen LogP contribution in [0.25, 0.3) is 0 Å². The van der Waals surface area contributed by atoms with E-state index in [0.29, 0.717) is 12.1 Å². The van der Waals surface area contributed by atoms with Crippen LogP contribution in [0.4, 0.5) is 4.39 Å². The normalized spacial score (nSPS) is 10.4. The molecule has 0 radical (unpaired) electrons. The summed E-state index contributed by atoms with van der Waals surface area (Å²) in [5, 5.41) is 14.2. The number of aryl methyl sites for hydroxylation is 1. The van der Waals surface area contributed by atoms with Crippen molar-refractivity contribution in [3.05, 3.63) is 57.0 Å². The van der Waals surface area contributed by atoms with E-state index in [2.05, 4.69) is 23.7 Å². The zero-order valence-corrected chi connectivity index (χ0v) is 11.6. The molecule has 0 amide bonds. The number of nitriles is 1. The molecule has 0 bridgehead atoms. The zero-order chi connectivity index (χ0) is 13.7. The third kappa shape index (κ3) is 3.63. The van der Waals surface area contributed by atoms with E-state index < -0.39 is 0 Å². The Morgan fingerprint density at radius 1 is 1.32 bits per heavy atom. The van der Waals surface area contributed by atoms with Crippen LogP contribution < -0.4 is 5.32 Å². The largest absolute Gasteiger partial charge is 0.308 e. The Labute approximate surface area is 116 Å². The molecule has 2 rings (SSSR count). The predicted molar refractivity (Wildman–Crippen MR) is 75.4 cm³/mol. The van der Waals surface area contributed by atoms with Crippen LogP contribution in [0.15, 0.2) is 29.6 Å². The third-order valence-corrected chi connectivity index (χ3v) is 3.88. The van der Waals surface area contributed by atoms with E-state index in [-0.39, 0.29) is 5.82 Å². The fourth-order valence-electron chi connectivity index (χ4n) is 1.97. The molecule has 1 aromatic carbocycles. The molecule has 19 heavy (non-hydrogen) atoms. The second kappa shape index (κ2) is 6.46. The molecule has 1 N–H and O–H groups in total. The Balaban J connectivity index is 1.96. The first kappa shape index (κ1) is 13.7. The standard InChI is InChI=1S/C15H15FN2S/c1-2-13-3-4-19-15(13)10-18-9-12-5-11(8-17)6-14(16)7-12/h3-7,18H,2,9-10H2,1H3. The highest BCUT2D eigenvalue weighted by Gasteiger charge is 2.03. The minimum Gasteiger partial charge on any atom is -0.308 e. The molecule has 0 saturated carbocycles. The van der Waals surface area contributed by atoms with Crippen LogP contribution >= 0.6 is 11.3 Å². The van der Waals surface area contributed by atoms with Gasteiger partial charge in [-0.1, -0.05) is 6.92 Å². The summed E-state index contributed by atoms with van der Waals surface area (Å²) >= 11 is 1.73. The van der Waals surface area contributed by atoms with Crippen molar-refractivity contribution >= 4 is 11.3 Å². The number of halogens is 1. The van der Waals surface area contributed by atoms with Gasteiger partial charge in [0.25, 0.3) is 0 Å². The number of hydrogen-bond acceptors (Lipinski definition) is 3. The van der Waals surface area contributed by atoms with Gasteiger partial charge >= 0.3 is 0 Å². The summed E-state index contributed by atoms with van der Waals surface area (Å²) in [7, 11) is 0. The lowest BCUT2D eigenvalue weighted by molar-refractivity contribution is 0.620. The summed E-state index contributed by atoms with van der Waals surface area (Å²) in [6.45, 7) is 3.48. The summed E-state index contributed by atoms with van der Waals surface area (Å²) < 4.78 is 13.3. The molecule has 98 valence electrons. The number of benzene rings is 1. The number of nitrogens with zero attached hydrogens (tertiary/aromatic N) is 1. The van der Waals surface area contributed by atoms with Crippen molar-refractivity contribution in [1.29, 1.82) is 5.26 Å². The van der Waals surface area contributed by atoms with Gasteiger partial charge in [-0.3, -0.25) is 0 Å². The lowest BCUT2D eigenvalue weighted by atomic mass is 10.1. The predicted octanol–water partition coefficient (Wildman–Crippen LogP) is 3.61. The van der Waals surface area contributed by atoms with Crippen LogP contribution in [-0.4, -0.2) is 0 Å². The molecule has 0 aliphatic heterocycles. The minimum absolute atomic E-state index is 0.360. The van der Waals surface area contributed by atoms with Crippen LogP contribution in [-0.2, 0) is 19.5 Å². The maximum absolute atomic E-state index is 13.3. The average Bonchev–Trinajstić information content (AvgIpc) is 2.85. The first-order chi connectivity index (χ1) is 9.22. The Bertz CT molecular complexity index is 598. The fourth-order valence-corrected chi connectivity index (χ4v) is 2.92. The maximum atomic E-state index is 13.3. The van der Waals surface area contributed by atoms with Crippen molar-refractivity contribution in [3.63, 3.8) is 0 Å². The molecule has 0 aliphatic carbocycles. The van der Waals surface area contributed by atoms with Gasteiger partial charge in [-0.15, -0.1) is 11.3 Å². The fraction of sp³-hybridized carbons (Fsp3) is 0.267. The number of thiophene rings is 1. The molecular weight excluding hydrogens is 259 g/mol. The highest BCUT2D eigenvalue weighted by Crippen LogP contribution is 2.17. The van der Waals surface area contributed by atoms with E-state index >= 15 is 0 Å². The Kier molecular flexibility index (Phi) is 4.67. The first-order valence-corrected chi connectivity index (χ1v) is 7.06. The Hall–Kier alpha value is -1.70. The van der Waals surface area contributed by atoms with E-state index in [9.17, 15) is 4.39 Å². The Morgan fingerprint density at radius 2 is 2.16 bits per heavy atom. The summed E-state index contributed by atoms with van der Waals surface area (Å²) in [6, 6.07) is 8.52. The summed E-state index contributed by atoms with van der Waals surface area (Å²) in [5.74, 6) is -0.360. The van der Waals surface area contributed by atoms with Crippen molar-refractivity contribution < 1.29 is 4.39 Å². The molecule has 0 spiro atoms. The maximum Gasteiger partial charge on any atom is 0.124 e. The molecule has 2 nitrogen and oxygen atoms in total. The highest BCUT2D eigenvalue weighted by molar-refractivity contribution is 7.10. The van der Waals surface area contributed by atoms with E-state index in [1.807, 2.05) is 6.07 Å². The lowest BCUT2D eigenvalue weighted by Crippen LogP contribution is -2.13. The molecular formula is C15H15FN2S. The van der Waals surface area contributed by atoms with Crippen molar-refractivity contribution in [2.24, 2.45) is 0 Å². The summed E-state index contributed by atoms with van der Waals surface area (Å²) in [4.78, 5) is 1.32. The molecule has 4 heteroatoms. The average molecular weight is 274 g/mol. The lowest BCUT2D eigenvalue weighted by Gasteiger charge is -2.06. The second-order valence-corrected chi connectivity index (χ2v) is 5.29. The smallest absolute Gasteiger partial charge is 0.124 e.